The maximum atomic E-state index is 19.8. The first-order valence-electron chi connectivity index (χ1n) is 39.7. The maximum absolute atomic E-state index is 19.8. The quantitative estimate of drug-likeness (QED) is 0.0116. The molecule has 2 saturated carbocycles. The smallest absolute Gasteiger partial charge is 0.327 e. The Morgan fingerprint density at radius 2 is 1.15 bits per heavy atom. The SMILES string of the molecule is [C-]#[N+]CCOP(=S)(OC[C@H]1O[C@@H](n2cnc3c2N=C(NC(=O)C(C)C)NC3OC(=O)C(c2ccccc2)c2ccccc2)[C@H](OC(c2ccccc2)(c2ccc(OC)cc2)c2ccc(OC)cc2)[C@@H]1F)O[C@H]1[C@@H](C)[C@H](n2cnc3c(NC(=O)c4ccccc4)ncnc32)[C@H]2C[C@]21COC(c1ccccc1)(c1ccc(OC)cc1)c1ccc(OC)cc1. The summed E-state index contributed by atoms with van der Waals surface area (Å²) < 4.78 is 96.9. The molecule has 5 heterocycles. The van der Waals surface area contributed by atoms with Gasteiger partial charge in [-0.25, -0.2) is 30.9 Å². The van der Waals surface area contributed by atoms with Gasteiger partial charge in [-0.1, -0.05) is 209 Å². The summed E-state index contributed by atoms with van der Waals surface area (Å²) in [6, 6.07) is 76.1. The van der Waals surface area contributed by atoms with Crippen molar-refractivity contribution in [2.45, 2.75) is 87.3 Å². The second kappa shape index (κ2) is 35.5. The van der Waals surface area contributed by atoms with Gasteiger partial charge in [0.15, 0.2) is 35.2 Å². The summed E-state index contributed by atoms with van der Waals surface area (Å²) in [4.78, 5) is 70.7. The average Bonchev–Trinajstić information content (AvgIpc) is 1.51. The van der Waals surface area contributed by atoms with Crippen LogP contribution in [0.15, 0.2) is 273 Å². The number of rotatable bonds is 32. The highest BCUT2D eigenvalue weighted by Crippen LogP contribution is 2.74. The number of benzene rings is 9. The van der Waals surface area contributed by atoms with Crippen molar-refractivity contribution in [1.82, 2.24) is 39.7 Å². The summed E-state index contributed by atoms with van der Waals surface area (Å²) in [6.07, 6.45) is -4.34. The van der Waals surface area contributed by atoms with Crippen molar-refractivity contribution in [3.05, 3.63) is 335 Å². The molecule has 0 bridgehead atoms. The molecule has 2 unspecified atom stereocenters. The zero-order valence-corrected chi connectivity index (χ0v) is 69.0. The van der Waals surface area contributed by atoms with E-state index in [2.05, 4.69) is 25.8 Å². The highest BCUT2D eigenvalue weighted by molar-refractivity contribution is 8.07. The van der Waals surface area contributed by atoms with Crippen LogP contribution in [0.2, 0.25) is 0 Å². The summed E-state index contributed by atoms with van der Waals surface area (Å²) in [5.74, 6) is -1.29. The average molecular weight is 1670 g/mol. The minimum absolute atomic E-state index is 0.00548. The summed E-state index contributed by atoms with van der Waals surface area (Å²) in [5, 5.41) is 8.97. The number of hydrogen-bond donors (Lipinski definition) is 3. The van der Waals surface area contributed by atoms with E-state index in [-0.39, 0.29) is 54.9 Å². The van der Waals surface area contributed by atoms with E-state index in [0.717, 1.165) is 16.7 Å². The van der Waals surface area contributed by atoms with Gasteiger partial charge in [0.1, 0.15) is 71.0 Å². The van der Waals surface area contributed by atoms with Crippen LogP contribution in [-0.4, -0.2) is 132 Å². The standard InChI is InChI=1S/C93H89FN11O14PS/c1-58(2)85(106)102-90-101-84-78(87(103-90)117-89(108)75(60-24-14-9-15-25-60)61-26-16-10-17-27-61)99-57-105(84)88-80(118-93(64-32-22-13-23-33-64,67-38-46-71(111-7)47-39-67)68-40-48-72(112-8)49-41-68)76(94)74(116-88)53-115-120(121,114-51-50-95-4)119-81-59(3)79(104-56-98-77-82(96-55-97-83(77)104)100-86(107)62-28-18-11-19-29-62)73-52-91(73,81)54-113-92(63-30-20-12-21-31-63,65-34-42-69(109-5)43-35-65)66-36-44-70(110-6)45-37-66/h9-49,55-59,73-76,79-81,87-88H,50-54H2,1-3,5-8H3,(H,96,97,100,107)(H2,101,102,103,106)/t59-,73+,74+,76+,79-,80+,81-,87?,88+,91-,120?/m0/s1. The third kappa shape index (κ3) is 16.3. The van der Waals surface area contributed by atoms with Crippen LogP contribution in [0.3, 0.4) is 0 Å². The number of amides is 2. The fourth-order valence-corrected chi connectivity index (χ4v) is 19.1. The molecule has 11 atom stereocenters. The molecule has 0 radical (unpaired) electrons. The number of anilines is 1. The van der Waals surface area contributed by atoms with Crippen LogP contribution >= 0.6 is 6.72 Å². The van der Waals surface area contributed by atoms with Gasteiger partial charge >= 0.3 is 12.7 Å². The lowest BCUT2D eigenvalue weighted by molar-refractivity contribution is -0.151. The van der Waals surface area contributed by atoms with Crippen LogP contribution in [0, 0.1) is 29.7 Å². The van der Waals surface area contributed by atoms with Gasteiger partial charge in [0.05, 0.1) is 60.4 Å². The molecule has 25 nitrogen and oxygen atoms in total. The molecule has 28 heteroatoms. The number of aromatic nitrogens is 6. The molecular formula is C93H89FN11O14PS. The lowest BCUT2D eigenvalue weighted by atomic mass is 9.79. The molecule has 9 aromatic carbocycles. The molecule has 2 amide bonds. The highest BCUT2D eigenvalue weighted by Gasteiger charge is 2.73. The molecule has 3 fully saturated rings. The van der Waals surface area contributed by atoms with Gasteiger partial charge < -0.3 is 71.5 Å². The number of alkyl halides is 1. The predicted octanol–water partition coefficient (Wildman–Crippen LogP) is 16.1. The van der Waals surface area contributed by atoms with E-state index < -0.39 is 103 Å². The number of hydrogen-bond acceptors (Lipinski definition) is 21. The topological polar surface area (TPSA) is 267 Å². The minimum atomic E-state index is -4.29. The molecule has 121 heavy (non-hydrogen) atoms. The molecule has 3 N–H and O–H groups in total. The Bertz CT molecular complexity index is 5630. The minimum Gasteiger partial charge on any atom is -0.497 e. The number of imidazole rings is 2. The fraction of sp³-hybridized carbons (Fsp3) is 0.280. The van der Waals surface area contributed by atoms with Crippen LogP contribution in [0.1, 0.15) is 112 Å². The molecule has 0 spiro atoms. The zero-order chi connectivity index (χ0) is 84.0. The van der Waals surface area contributed by atoms with E-state index in [1.165, 1.54) is 17.2 Å². The Kier molecular flexibility index (Phi) is 24.2. The first-order chi connectivity index (χ1) is 58.9. The van der Waals surface area contributed by atoms with Crippen molar-refractivity contribution >= 4 is 65.1 Å². The Labute approximate surface area is 704 Å². The van der Waals surface area contributed by atoms with Crippen molar-refractivity contribution in [1.29, 1.82) is 0 Å². The fourth-order valence-electron chi connectivity index (χ4n) is 16.9. The number of nitrogens with zero attached hydrogens (tertiary/aromatic N) is 8. The van der Waals surface area contributed by atoms with Gasteiger partial charge in [0.25, 0.3) is 5.91 Å². The van der Waals surface area contributed by atoms with Crippen molar-refractivity contribution in [3.8, 4) is 23.0 Å². The number of esters is 1. The van der Waals surface area contributed by atoms with E-state index in [1.807, 2.05) is 212 Å². The summed E-state index contributed by atoms with van der Waals surface area (Å²) in [6.45, 7) is 8.19. The Hall–Kier alpha value is -12.4. The molecule has 3 aromatic heterocycles. The van der Waals surface area contributed by atoms with E-state index >= 15 is 9.18 Å². The number of carbonyl (C=O) groups excluding carboxylic acids is 3. The second-order valence-electron chi connectivity index (χ2n) is 30.3. The monoisotopic (exact) mass is 1670 g/mol. The molecule has 618 valence electrons. The lowest BCUT2D eigenvalue weighted by Crippen LogP contribution is -2.47. The number of carbonyl (C=O) groups is 3. The molecule has 4 aliphatic rings. The van der Waals surface area contributed by atoms with Gasteiger partial charge in [-0.3, -0.25) is 24.3 Å². The van der Waals surface area contributed by atoms with Gasteiger partial charge in [0.2, 0.25) is 24.6 Å². The number of nitrogens with one attached hydrogen (secondary N) is 3. The number of ether oxygens (including phenoxy) is 8. The lowest BCUT2D eigenvalue weighted by Gasteiger charge is -2.40. The molecule has 16 rings (SSSR count). The largest absolute Gasteiger partial charge is 0.497 e. The van der Waals surface area contributed by atoms with Gasteiger partial charge in [-0.05, 0) is 129 Å². The maximum Gasteiger partial charge on any atom is 0.327 e. The van der Waals surface area contributed by atoms with Crippen LogP contribution in [0.5, 0.6) is 23.0 Å². The second-order valence-corrected chi connectivity index (χ2v) is 33.3. The zero-order valence-electron chi connectivity index (χ0n) is 67.3. The van der Waals surface area contributed by atoms with Crippen molar-refractivity contribution in [2.24, 2.45) is 28.2 Å². The Balaban J connectivity index is 0.810. The highest BCUT2D eigenvalue weighted by atomic mass is 32.5. The number of fused-ring (bicyclic) bond motifs is 3. The number of guanidine groups is 1. The van der Waals surface area contributed by atoms with Crippen LogP contribution in [-0.2, 0) is 65.1 Å². The van der Waals surface area contributed by atoms with Crippen molar-refractivity contribution in [3.63, 3.8) is 0 Å². The Morgan fingerprint density at radius 1 is 0.645 bits per heavy atom. The first kappa shape index (κ1) is 82.4. The first-order valence-corrected chi connectivity index (χ1v) is 42.3. The molecular weight excluding hydrogens is 1580 g/mol. The Morgan fingerprint density at radius 3 is 1.68 bits per heavy atom. The summed E-state index contributed by atoms with van der Waals surface area (Å²) >= 11 is 6.73. The van der Waals surface area contributed by atoms with Gasteiger partial charge in [0, 0.05) is 28.9 Å². The van der Waals surface area contributed by atoms with Crippen molar-refractivity contribution < 1.29 is 70.2 Å². The number of methoxy groups -OCH3 is 4. The van der Waals surface area contributed by atoms with E-state index in [0.29, 0.717) is 74.0 Å². The van der Waals surface area contributed by atoms with Crippen LogP contribution in [0.4, 0.5) is 16.0 Å². The molecule has 2 aliphatic carbocycles. The normalized spacial score (nSPS) is 20.9. The number of halogens is 1. The molecule has 12 aromatic rings. The number of aliphatic imine (C=N–C) groups is 1. The van der Waals surface area contributed by atoms with Gasteiger partial charge in [-0.2, -0.15) is 4.99 Å². The van der Waals surface area contributed by atoms with E-state index in [4.69, 9.17) is 89.8 Å². The molecule has 1 saturated heterocycles. The summed E-state index contributed by atoms with van der Waals surface area (Å²) in [7, 11) is 6.35. The predicted molar refractivity (Wildman–Crippen MR) is 454 cm³/mol. The van der Waals surface area contributed by atoms with Crippen molar-refractivity contribution in [2.75, 3.05) is 60.1 Å². The van der Waals surface area contributed by atoms with Crippen LogP contribution < -0.4 is 34.9 Å². The van der Waals surface area contributed by atoms with Crippen LogP contribution in [0.25, 0.3) is 16.0 Å². The van der Waals surface area contributed by atoms with E-state index in [9.17, 15) is 9.59 Å². The van der Waals surface area contributed by atoms with Gasteiger partial charge in [-0.15, -0.1) is 0 Å². The van der Waals surface area contributed by atoms with E-state index in [1.54, 1.807) is 97.1 Å². The summed E-state index contributed by atoms with van der Waals surface area (Å²) in [5.41, 5.74) is 2.66. The third-order valence-corrected chi connectivity index (χ3v) is 25.3. The third-order valence-electron chi connectivity index (χ3n) is 23.0. The molecule has 2 aliphatic heterocycles.